The predicted octanol–water partition coefficient (Wildman–Crippen LogP) is 1.68. The summed E-state index contributed by atoms with van der Waals surface area (Å²) in [5.74, 6) is 0.390. The van der Waals surface area contributed by atoms with E-state index in [1.165, 1.54) is 12.8 Å². The first-order valence-electron chi connectivity index (χ1n) is 6.25. The highest BCUT2D eigenvalue weighted by Gasteiger charge is 2.15. The van der Waals surface area contributed by atoms with Crippen LogP contribution >= 0.6 is 0 Å². The second kappa shape index (κ2) is 6.83. The predicted molar refractivity (Wildman–Crippen MR) is 62.7 cm³/mol. The number of hydrogen-bond donors (Lipinski definition) is 2. The van der Waals surface area contributed by atoms with Gasteiger partial charge in [0, 0.05) is 18.5 Å². The van der Waals surface area contributed by atoms with Gasteiger partial charge in [-0.2, -0.15) is 0 Å². The molecule has 0 radical (unpaired) electrons. The Labute approximate surface area is 93.0 Å². The van der Waals surface area contributed by atoms with Gasteiger partial charge in [-0.1, -0.05) is 20.3 Å². The molecule has 1 amide bonds. The lowest BCUT2D eigenvalue weighted by Crippen LogP contribution is -2.33. The van der Waals surface area contributed by atoms with Gasteiger partial charge in [0.2, 0.25) is 5.91 Å². The molecule has 15 heavy (non-hydrogen) atoms. The second-order valence-corrected chi connectivity index (χ2v) is 4.56. The third-order valence-electron chi connectivity index (χ3n) is 3.12. The molecule has 88 valence electrons. The average Bonchev–Trinajstić information content (AvgIpc) is 2.71. The molecule has 1 rings (SSSR count). The Bertz CT molecular complexity index is 188. The standard InChI is InChI=1S/C12H24N2O/c1-3-5-10(2)12(15)14-9-7-11-6-4-8-13-11/h10-11,13H,3-9H2,1-2H3,(H,14,15)/t10?,11-/m0/s1. The maximum absolute atomic E-state index is 11.6. The fraction of sp³-hybridized carbons (Fsp3) is 0.917. The first kappa shape index (κ1) is 12.5. The van der Waals surface area contributed by atoms with Crippen molar-refractivity contribution in [1.29, 1.82) is 0 Å². The fourth-order valence-electron chi connectivity index (χ4n) is 2.11. The van der Waals surface area contributed by atoms with Gasteiger partial charge in [-0.05, 0) is 32.2 Å². The van der Waals surface area contributed by atoms with Crippen molar-refractivity contribution < 1.29 is 4.79 Å². The summed E-state index contributed by atoms with van der Waals surface area (Å²) in [5.41, 5.74) is 0. The molecule has 3 heteroatoms. The minimum atomic E-state index is 0.173. The summed E-state index contributed by atoms with van der Waals surface area (Å²) in [6.07, 6.45) is 5.70. The topological polar surface area (TPSA) is 41.1 Å². The van der Waals surface area contributed by atoms with Crippen LogP contribution in [0, 0.1) is 5.92 Å². The first-order chi connectivity index (χ1) is 7.24. The van der Waals surface area contributed by atoms with E-state index in [0.29, 0.717) is 6.04 Å². The molecule has 1 unspecified atom stereocenters. The Balaban J connectivity index is 2.05. The summed E-state index contributed by atoms with van der Waals surface area (Å²) in [6, 6.07) is 0.631. The molecule has 2 atom stereocenters. The molecule has 0 aromatic heterocycles. The second-order valence-electron chi connectivity index (χ2n) is 4.56. The van der Waals surface area contributed by atoms with Gasteiger partial charge in [-0.3, -0.25) is 4.79 Å². The minimum absolute atomic E-state index is 0.173. The van der Waals surface area contributed by atoms with Crippen LogP contribution in [0.4, 0.5) is 0 Å². The maximum Gasteiger partial charge on any atom is 0.222 e. The quantitative estimate of drug-likeness (QED) is 0.703. The Hall–Kier alpha value is -0.570. The van der Waals surface area contributed by atoms with E-state index in [1.807, 2.05) is 6.92 Å². The highest BCUT2D eigenvalue weighted by Crippen LogP contribution is 2.08. The lowest BCUT2D eigenvalue weighted by Gasteiger charge is -2.13. The molecule has 1 aliphatic heterocycles. The van der Waals surface area contributed by atoms with Crippen molar-refractivity contribution in [1.82, 2.24) is 10.6 Å². The Morgan fingerprint density at radius 2 is 2.40 bits per heavy atom. The summed E-state index contributed by atoms with van der Waals surface area (Å²) in [4.78, 5) is 11.6. The number of carbonyl (C=O) groups excluding carboxylic acids is 1. The van der Waals surface area contributed by atoms with E-state index < -0.39 is 0 Å². The molecule has 0 aliphatic carbocycles. The Kier molecular flexibility index (Phi) is 5.69. The monoisotopic (exact) mass is 212 g/mol. The molecule has 1 fully saturated rings. The molecule has 0 spiro atoms. The van der Waals surface area contributed by atoms with Crippen LogP contribution in [0.3, 0.4) is 0 Å². The van der Waals surface area contributed by atoms with Crippen LogP contribution in [0.1, 0.15) is 46.0 Å². The van der Waals surface area contributed by atoms with Gasteiger partial charge in [-0.15, -0.1) is 0 Å². The Morgan fingerprint density at radius 1 is 1.60 bits per heavy atom. The van der Waals surface area contributed by atoms with E-state index in [4.69, 9.17) is 0 Å². The van der Waals surface area contributed by atoms with Crippen molar-refractivity contribution in [3.8, 4) is 0 Å². The molecular formula is C12H24N2O. The number of nitrogens with one attached hydrogen (secondary N) is 2. The minimum Gasteiger partial charge on any atom is -0.356 e. The van der Waals surface area contributed by atoms with Crippen molar-refractivity contribution in [2.75, 3.05) is 13.1 Å². The summed E-state index contributed by atoms with van der Waals surface area (Å²) in [7, 11) is 0. The van der Waals surface area contributed by atoms with Gasteiger partial charge in [-0.25, -0.2) is 0 Å². The van der Waals surface area contributed by atoms with Crippen molar-refractivity contribution >= 4 is 5.91 Å². The Morgan fingerprint density at radius 3 is 3.00 bits per heavy atom. The van der Waals surface area contributed by atoms with Gasteiger partial charge < -0.3 is 10.6 Å². The van der Waals surface area contributed by atoms with Gasteiger partial charge in [0.05, 0.1) is 0 Å². The highest BCUT2D eigenvalue weighted by molar-refractivity contribution is 5.78. The van der Waals surface area contributed by atoms with E-state index in [1.54, 1.807) is 0 Å². The lowest BCUT2D eigenvalue weighted by molar-refractivity contribution is -0.124. The van der Waals surface area contributed by atoms with E-state index in [2.05, 4.69) is 17.6 Å². The van der Waals surface area contributed by atoms with Crippen LogP contribution in [0.15, 0.2) is 0 Å². The van der Waals surface area contributed by atoms with Crippen LogP contribution in [0.5, 0.6) is 0 Å². The lowest BCUT2D eigenvalue weighted by atomic mass is 10.1. The van der Waals surface area contributed by atoms with E-state index in [0.717, 1.165) is 32.4 Å². The summed E-state index contributed by atoms with van der Waals surface area (Å²) >= 11 is 0. The zero-order chi connectivity index (χ0) is 11.1. The van der Waals surface area contributed by atoms with E-state index in [-0.39, 0.29) is 11.8 Å². The molecule has 2 N–H and O–H groups in total. The van der Waals surface area contributed by atoms with Gasteiger partial charge in [0.15, 0.2) is 0 Å². The van der Waals surface area contributed by atoms with E-state index >= 15 is 0 Å². The third kappa shape index (κ3) is 4.65. The molecule has 1 aliphatic rings. The van der Waals surface area contributed by atoms with Crippen molar-refractivity contribution in [2.45, 2.75) is 52.0 Å². The number of carbonyl (C=O) groups is 1. The maximum atomic E-state index is 11.6. The molecule has 3 nitrogen and oxygen atoms in total. The molecule has 1 heterocycles. The summed E-state index contributed by atoms with van der Waals surface area (Å²) in [5, 5.41) is 6.45. The average molecular weight is 212 g/mol. The molecular weight excluding hydrogens is 188 g/mol. The first-order valence-corrected chi connectivity index (χ1v) is 6.25. The van der Waals surface area contributed by atoms with Gasteiger partial charge in [0.25, 0.3) is 0 Å². The third-order valence-corrected chi connectivity index (χ3v) is 3.12. The van der Waals surface area contributed by atoms with Crippen molar-refractivity contribution in [3.05, 3.63) is 0 Å². The number of rotatable bonds is 6. The highest BCUT2D eigenvalue weighted by atomic mass is 16.1. The van der Waals surface area contributed by atoms with Gasteiger partial charge in [0.1, 0.15) is 0 Å². The largest absolute Gasteiger partial charge is 0.356 e. The number of amides is 1. The molecule has 0 bridgehead atoms. The van der Waals surface area contributed by atoms with Crippen LogP contribution in [0.25, 0.3) is 0 Å². The number of hydrogen-bond acceptors (Lipinski definition) is 2. The smallest absolute Gasteiger partial charge is 0.222 e. The van der Waals surface area contributed by atoms with E-state index in [9.17, 15) is 4.79 Å². The van der Waals surface area contributed by atoms with Crippen LogP contribution in [-0.4, -0.2) is 25.0 Å². The van der Waals surface area contributed by atoms with Crippen molar-refractivity contribution in [3.63, 3.8) is 0 Å². The normalized spacial score (nSPS) is 22.7. The SMILES string of the molecule is CCCC(C)C(=O)NCC[C@@H]1CCCN1. The van der Waals surface area contributed by atoms with Crippen LogP contribution in [0.2, 0.25) is 0 Å². The van der Waals surface area contributed by atoms with Crippen molar-refractivity contribution in [2.24, 2.45) is 5.92 Å². The molecule has 0 saturated carbocycles. The summed E-state index contributed by atoms with van der Waals surface area (Å²) < 4.78 is 0. The molecule has 0 aromatic rings. The zero-order valence-corrected chi connectivity index (χ0v) is 10.0. The fourth-order valence-corrected chi connectivity index (χ4v) is 2.11. The molecule has 1 saturated heterocycles. The summed E-state index contributed by atoms with van der Waals surface area (Å²) in [6.45, 7) is 6.09. The van der Waals surface area contributed by atoms with Gasteiger partial charge >= 0.3 is 0 Å². The zero-order valence-electron chi connectivity index (χ0n) is 10.0. The van der Waals surface area contributed by atoms with Crippen LogP contribution < -0.4 is 10.6 Å². The van der Waals surface area contributed by atoms with Crippen LogP contribution in [-0.2, 0) is 4.79 Å². The molecule has 0 aromatic carbocycles.